The predicted octanol–water partition coefficient (Wildman–Crippen LogP) is 17.0. The number of rotatable bonds is 89. The first kappa shape index (κ1) is 97.4. The fourth-order valence-corrected chi connectivity index (χ4v) is 15.7. The van der Waals surface area contributed by atoms with Crippen molar-refractivity contribution in [2.45, 2.75) is 254 Å². The van der Waals surface area contributed by atoms with E-state index < -0.39 is 5.41 Å². The van der Waals surface area contributed by atoms with Gasteiger partial charge in [0.25, 0.3) is 0 Å². The van der Waals surface area contributed by atoms with Crippen molar-refractivity contribution < 1.29 is 85.3 Å². The zero-order valence-corrected chi connectivity index (χ0v) is 69.7. The normalized spacial score (nSPS) is 12.4. The van der Waals surface area contributed by atoms with Gasteiger partial charge in [0.05, 0.1) is 219 Å². The molecule has 0 amide bonds. The SMILES string of the molecule is CCCCCCCCCCCCCOCCOCCOCCOCCOCCOC(CC([SiH3])(OCCOCCOCCOCCOCCOCCCCCCCCCCCCC)OCCOCCOCCOCCOCCOCCCCCCCCCCCCC)SSc1nc2ccccc2s1. The summed E-state index contributed by atoms with van der Waals surface area (Å²) in [4.78, 5) is 4.87. The van der Waals surface area contributed by atoms with Crippen LogP contribution in [-0.4, -0.2) is 244 Å². The standard InChI is InChI=1S/C79H151NO18S3Si/c1-4-7-10-13-16-19-22-25-28-31-36-41-81-44-47-84-50-53-87-56-59-90-62-65-93-68-71-96-77(100-101-78-80-75-39-34-35-40-76(75)99-78)74-79(102,97-72-69-94-66-63-91-60-57-88-54-51-85-48-45-82-42-37-32-29-26-23-20-17-14-11-8-5-2)98-73-70-95-67-64-92-61-58-89-55-52-86-49-46-83-43-38-33-30-27-24-21-18-15-12-9-6-3/h34-35,39-40,77H,4-33,36-38,41-74H2,1-3,102H3. The van der Waals surface area contributed by atoms with E-state index >= 15 is 0 Å². The van der Waals surface area contributed by atoms with Crippen LogP contribution in [0.15, 0.2) is 28.6 Å². The van der Waals surface area contributed by atoms with Gasteiger partial charge in [-0.05, 0) is 42.2 Å². The van der Waals surface area contributed by atoms with Gasteiger partial charge in [0.2, 0.25) is 0 Å². The van der Waals surface area contributed by atoms with Gasteiger partial charge in [0.15, 0.2) is 4.34 Å². The average molecular weight is 1530 g/mol. The van der Waals surface area contributed by atoms with Crippen LogP contribution in [0.2, 0.25) is 0 Å². The van der Waals surface area contributed by atoms with Crippen molar-refractivity contribution in [3.63, 3.8) is 0 Å². The highest BCUT2D eigenvalue weighted by Gasteiger charge is 2.32. The lowest BCUT2D eigenvalue weighted by atomic mass is 10.1. The molecule has 1 unspecified atom stereocenters. The lowest BCUT2D eigenvalue weighted by Crippen LogP contribution is -2.42. The van der Waals surface area contributed by atoms with Crippen LogP contribution in [0.5, 0.6) is 0 Å². The minimum absolute atomic E-state index is 0.315. The van der Waals surface area contributed by atoms with Crippen molar-refractivity contribution in [1.29, 1.82) is 0 Å². The van der Waals surface area contributed by atoms with Crippen LogP contribution in [0, 0.1) is 0 Å². The van der Waals surface area contributed by atoms with Crippen molar-refractivity contribution in [3.05, 3.63) is 24.3 Å². The molecule has 102 heavy (non-hydrogen) atoms. The van der Waals surface area contributed by atoms with Gasteiger partial charge < -0.3 is 85.3 Å². The van der Waals surface area contributed by atoms with Crippen LogP contribution in [-0.2, 0) is 85.3 Å². The van der Waals surface area contributed by atoms with Gasteiger partial charge in [0, 0.05) is 26.2 Å². The van der Waals surface area contributed by atoms with Gasteiger partial charge in [0.1, 0.15) is 10.8 Å². The zero-order valence-electron chi connectivity index (χ0n) is 65.3. The molecule has 602 valence electrons. The van der Waals surface area contributed by atoms with Gasteiger partial charge in [-0.15, -0.1) is 11.3 Å². The van der Waals surface area contributed by atoms with Crippen molar-refractivity contribution in [1.82, 2.24) is 4.98 Å². The maximum absolute atomic E-state index is 6.58. The van der Waals surface area contributed by atoms with E-state index in [1.54, 1.807) is 32.9 Å². The van der Waals surface area contributed by atoms with E-state index in [1.165, 1.54) is 193 Å². The highest BCUT2D eigenvalue weighted by molar-refractivity contribution is 8.77. The van der Waals surface area contributed by atoms with Crippen LogP contribution in [0.25, 0.3) is 10.2 Å². The Balaban J connectivity index is 1.68. The van der Waals surface area contributed by atoms with E-state index in [-0.39, 0.29) is 5.44 Å². The predicted molar refractivity (Wildman–Crippen MR) is 424 cm³/mol. The molecule has 19 nitrogen and oxygen atoms in total. The number of hydrogen-bond acceptors (Lipinski definition) is 22. The van der Waals surface area contributed by atoms with Crippen molar-refractivity contribution in [2.75, 3.05) is 218 Å². The third-order valence-electron chi connectivity index (χ3n) is 17.0. The molecule has 1 aromatic carbocycles. The molecule has 0 radical (unpaired) electrons. The summed E-state index contributed by atoms with van der Waals surface area (Å²) < 4.78 is 108. The maximum Gasteiger partial charge on any atom is 0.161 e. The van der Waals surface area contributed by atoms with Crippen LogP contribution in [0.1, 0.15) is 239 Å². The summed E-state index contributed by atoms with van der Waals surface area (Å²) in [6, 6.07) is 8.19. The molecule has 0 aliphatic carbocycles. The molecule has 0 saturated carbocycles. The molecule has 1 atom stereocenters. The third-order valence-corrected chi connectivity index (χ3v) is 21.9. The molecule has 2 aromatic rings. The van der Waals surface area contributed by atoms with E-state index in [0.29, 0.717) is 215 Å². The second-order valence-corrected chi connectivity index (χ2v) is 31.4. The Kier molecular flexibility index (Phi) is 77.6. The number of aromatic nitrogens is 1. The summed E-state index contributed by atoms with van der Waals surface area (Å²) in [5.41, 5.74) is -0.245. The van der Waals surface area contributed by atoms with E-state index in [9.17, 15) is 0 Å². The number of fused-ring (bicyclic) bond motifs is 1. The van der Waals surface area contributed by atoms with Gasteiger partial charge in [-0.2, -0.15) is 0 Å². The summed E-state index contributed by atoms with van der Waals surface area (Å²) in [5.74, 6) is 0. The lowest BCUT2D eigenvalue weighted by molar-refractivity contribution is -0.202. The van der Waals surface area contributed by atoms with E-state index in [0.717, 1.165) is 53.6 Å². The van der Waals surface area contributed by atoms with Crippen molar-refractivity contribution >= 4 is 53.4 Å². The van der Waals surface area contributed by atoms with Crippen LogP contribution in [0.4, 0.5) is 0 Å². The molecule has 0 aliphatic rings. The molecule has 0 N–H and O–H groups in total. The largest absolute Gasteiger partial charge is 0.379 e. The Morgan fingerprint density at radius 1 is 0.304 bits per heavy atom. The molecule has 23 heteroatoms. The van der Waals surface area contributed by atoms with Crippen LogP contribution < -0.4 is 0 Å². The van der Waals surface area contributed by atoms with Gasteiger partial charge in [-0.25, -0.2) is 4.98 Å². The van der Waals surface area contributed by atoms with Crippen LogP contribution in [0.3, 0.4) is 0 Å². The maximum atomic E-state index is 6.58. The summed E-state index contributed by atoms with van der Waals surface area (Å²) >= 11 is 1.67. The Labute approximate surface area is 636 Å². The fourth-order valence-electron chi connectivity index (χ4n) is 11.0. The smallest absolute Gasteiger partial charge is 0.161 e. The zero-order chi connectivity index (χ0) is 72.6. The van der Waals surface area contributed by atoms with Crippen molar-refractivity contribution in [3.8, 4) is 0 Å². The Hall–Kier alpha value is -0.693. The Morgan fingerprint density at radius 2 is 0.539 bits per heavy atom. The molecule has 2 rings (SSSR count). The molecular formula is C79H151NO18S3Si. The molecule has 0 aliphatic heterocycles. The molecule has 1 heterocycles. The van der Waals surface area contributed by atoms with Gasteiger partial charge >= 0.3 is 0 Å². The molecule has 0 spiro atoms. The molecule has 0 fully saturated rings. The number of nitrogens with zero attached hydrogens (tertiary/aromatic N) is 1. The number of hydrogen-bond donors (Lipinski definition) is 0. The summed E-state index contributed by atoms with van der Waals surface area (Å²) in [6.45, 7) is 23.8. The summed E-state index contributed by atoms with van der Waals surface area (Å²) in [7, 11) is 3.75. The quantitative estimate of drug-likeness (QED) is 0.0264. The Morgan fingerprint density at radius 3 is 0.814 bits per heavy atom. The number of benzene rings is 1. The second-order valence-electron chi connectivity index (χ2n) is 26.3. The molecule has 1 aromatic heterocycles. The van der Waals surface area contributed by atoms with Gasteiger partial charge in [-0.3, -0.25) is 0 Å². The first-order chi connectivity index (χ1) is 50.6. The van der Waals surface area contributed by atoms with E-state index in [4.69, 9.17) is 90.2 Å². The number of unbranched alkanes of at least 4 members (excludes halogenated alkanes) is 30. The second kappa shape index (κ2) is 81.3. The van der Waals surface area contributed by atoms with Gasteiger partial charge in [-0.1, -0.05) is 236 Å². The van der Waals surface area contributed by atoms with Crippen molar-refractivity contribution in [2.24, 2.45) is 0 Å². The van der Waals surface area contributed by atoms with Crippen LogP contribution >= 0.6 is 32.9 Å². The minimum Gasteiger partial charge on any atom is -0.379 e. The Bertz CT molecular complexity index is 1840. The highest BCUT2D eigenvalue weighted by atomic mass is 33.1. The first-order valence-electron chi connectivity index (χ1n) is 40.8. The minimum atomic E-state index is -0.908. The van der Waals surface area contributed by atoms with E-state index in [1.807, 2.05) is 18.2 Å². The fraction of sp³-hybridized carbons (Fsp3) is 0.911. The lowest BCUT2D eigenvalue weighted by Gasteiger charge is -2.33. The van der Waals surface area contributed by atoms with E-state index in [2.05, 4.69) is 26.8 Å². The first-order valence-corrected chi connectivity index (χ1v) is 44.9. The summed E-state index contributed by atoms with van der Waals surface area (Å²) in [5, 5.41) is 0. The molecule has 0 saturated heterocycles. The monoisotopic (exact) mass is 1530 g/mol. The number of ether oxygens (including phenoxy) is 18. The summed E-state index contributed by atoms with van der Waals surface area (Å²) in [6.07, 6.45) is 44.6. The average Bonchev–Trinajstić information content (AvgIpc) is 1.67. The topological polar surface area (TPSA) is 179 Å². The molecular weight excluding hydrogens is 1380 g/mol. The number of thiazole rings is 1. The highest BCUT2D eigenvalue weighted by Crippen LogP contribution is 2.41. The third kappa shape index (κ3) is 69.7. The molecule has 0 bridgehead atoms. The number of para-hydroxylation sites is 1.